The fourth-order valence-electron chi connectivity index (χ4n) is 2.52. The standard InChI is InChI=1S/C14H28N2O4/c1-4-20-11-10-14(15,13(11,2)3)12(18)16-6-5-8-19-9-7-17/h11,17H,4-10,15H2,1-3H3,(H,16,18). The number of aliphatic hydroxyl groups is 1. The molecule has 0 aromatic carbocycles. The molecule has 1 rings (SSSR count). The first-order chi connectivity index (χ1) is 9.40. The minimum atomic E-state index is -0.862. The summed E-state index contributed by atoms with van der Waals surface area (Å²) in [6, 6.07) is 0. The summed E-state index contributed by atoms with van der Waals surface area (Å²) in [7, 11) is 0. The monoisotopic (exact) mass is 288 g/mol. The highest BCUT2D eigenvalue weighted by Gasteiger charge is 2.62. The molecule has 6 nitrogen and oxygen atoms in total. The van der Waals surface area contributed by atoms with Crippen LogP contribution in [0.2, 0.25) is 0 Å². The third-order valence-electron chi connectivity index (χ3n) is 4.22. The van der Waals surface area contributed by atoms with Crippen molar-refractivity contribution < 1.29 is 19.4 Å². The Hall–Kier alpha value is -0.690. The maximum absolute atomic E-state index is 12.2. The molecule has 0 aromatic rings. The maximum atomic E-state index is 12.2. The van der Waals surface area contributed by atoms with Crippen molar-refractivity contribution in [1.29, 1.82) is 0 Å². The molecule has 118 valence electrons. The summed E-state index contributed by atoms with van der Waals surface area (Å²) in [6.07, 6.45) is 1.30. The first kappa shape index (κ1) is 17.4. The highest BCUT2D eigenvalue weighted by Crippen LogP contribution is 2.49. The number of amides is 1. The lowest BCUT2D eigenvalue weighted by Gasteiger charge is -2.57. The molecule has 0 aromatic heterocycles. The molecule has 2 atom stereocenters. The van der Waals surface area contributed by atoms with Gasteiger partial charge in [0.1, 0.15) is 5.54 Å². The zero-order chi connectivity index (χ0) is 15.2. The highest BCUT2D eigenvalue weighted by molar-refractivity contribution is 5.88. The molecule has 1 fully saturated rings. The van der Waals surface area contributed by atoms with Gasteiger partial charge in [0.25, 0.3) is 0 Å². The normalized spacial score (nSPS) is 27.9. The van der Waals surface area contributed by atoms with Gasteiger partial charge in [-0.15, -0.1) is 0 Å². The van der Waals surface area contributed by atoms with E-state index < -0.39 is 5.54 Å². The van der Waals surface area contributed by atoms with Crippen LogP contribution in [0.3, 0.4) is 0 Å². The van der Waals surface area contributed by atoms with Crippen molar-refractivity contribution in [3.8, 4) is 0 Å². The van der Waals surface area contributed by atoms with Gasteiger partial charge >= 0.3 is 0 Å². The fourth-order valence-corrected chi connectivity index (χ4v) is 2.52. The number of nitrogens with one attached hydrogen (secondary N) is 1. The zero-order valence-corrected chi connectivity index (χ0v) is 12.8. The molecule has 4 N–H and O–H groups in total. The molecule has 0 spiro atoms. The van der Waals surface area contributed by atoms with Crippen molar-refractivity contribution in [1.82, 2.24) is 5.32 Å². The molecule has 1 aliphatic carbocycles. The third kappa shape index (κ3) is 3.49. The van der Waals surface area contributed by atoms with Gasteiger partial charge in [-0.1, -0.05) is 13.8 Å². The van der Waals surface area contributed by atoms with Crippen LogP contribution in [0.25, 0.3) is 0 Å². The molecule has 1 amide bonds. The number of aliphatic hydroxyl groups excluding tert-OH is 1. The number of carbonyl (C=O) groups excluding carboxylic acids is 1. The van der Waals surface area contributed by atoms with Crippen molar-refractivity contribution in [3.05, 3.63) is 0 Å². The first-order valence-corrected chi connectivity index (χ1v) is 7.27. The molecule has 2 unspecified atom stereocenters. The molecular formula is C14H28N2O4. The van der Waals surface area contributed by atoms with Crippen LogP contribution >= 0.6 is 0 Å². The van der Waals surface area contributed by atoms with Gasteiger partial charge in [0.15, 0.2) is 0 Å². The molecule has 6 heteroatoms. The Bertz CT molecular complexity index is 322. The van der Waals surface area contributed by atoms with Gasteiger partial charge in [-0.2, -0.15) is 0 Å². The quantitative estimate of drug-likeness (QED) is 0.521. The number of ether oxygens (including phenoxy) is 2. The summed E-state index contributed by atoms with van der Waals surface area (Å²) in [5.41, 5.74) is 5.03. The minimum absolute atomic E-state index is 0.0191. The van der Waals surface area contributed by atoms with Crippen LogP contribution in [0.15, 0.2) is 0 Å². The van der Waals surface area contributed by atoms with Crippen molar-refractivity contribution in [2.75, 3.05) is 33.0 Å². The van der Waals surface area contributed by atoms with Crippen molar-refractivity contribution >= 4 is 5.91 Å². The van der Waals surface area contributed by atoms with E-state index in [1.54, 1.807) is 0 Å². The second kappa shape index (κ2) is 7.36. The van der Waals surface area contributed by atoms with Crippen LogP contribution in [0.4, 0.5) is 0 Å². The van der Waals surface area contributed by atoms with E-state index in [0.717, 1.165) is 0 Å². The van der Waals surface area contributed by atoms with Gasteiger partial charge < -0.3 is 25.6 Å². The van der Waals surface area contributed by atoms with Gasteiger partial charge in [-0.3, -0.25) is 4.79 Å². The number of hydrogen-bond acceptors (Lipinski definition) is 5. The molecule has 1 saturated carbocycles. The number of nitrogens with two attached hydrogens (primary N) is 1. The predicted octanol–water partition coefficient (Wildman–Crippen LogP) is 0.0341. The Morgan fingerprint density at radius 1 is 1.45 bits per heavy atom. The van der Waals surface area contributed by atoms with Crippen LogP contribution in [-0.2, 0) is 14.3 Å². The second-order valence-electron chi connectivity index (χ2n) is 5.79. The Morgan fingerprint density at radius 2 is 2.15 bits per heavy atom. The Morgan fingerprint density at radius 3 is 2.70 bits per heavy atom. The van der Waals surface area contributed by atoms with Crippen LogP contribution in [-0.4, -0.2) is 55.6 Å². The Kier molecular flexibility index (Phi) is 6.39. The molecule has 1 aliphatic rings. The van der Waals surface area contributed by atoms with Gasteiger partial charge in [0, 0.05) is 31.6 Å². The molecule has 0 radical (unpaired) electrons. The zero-order valence-electron chi connectivity index (χ0n) is 12.8. The fraction of sp³-hybridized carbons (Fsp3) is 0.929. The summed E-state index contributed by atoms with van der Waals surface area (Å²) in [6.45, 7) is 7.92. The van der Waals surface area contributed by atoms with E-state index in [1.165, 1.54) is 0 Å². The van der Waals surface area contributed by atoms with Gasteiger partial charge in [0.05, 0.1) is 19.3 Å². The van der Waals surface area contributed by atoms with E-state index >= 15 is 0 Å². The van der Waals surface area contributed by atoms with Crippen molar-refractivity contribution in [2.24, 2.45) is 11.1 Å². The number of carbonyl (C=O) groups is 1. The Balaban J connectivity index is 2.33. The van der Waals surface area contributed by atoms with E-state index in [0.29, 0.717) is 39.2 Å². The molecule has 0 heterocycles. The van der Waals surface area contributed by atoms with Crippen LogP contribution in [0.5, 0.6) is 0 Å². The average Bonchev–Trinajstić information content (AvgIpc) is 2.41. The molecule has 0 aliphatic heterocycles. The molecule has 0 bridgehead atoms. The third-order valence-corrected chi connectivity index (χ3v) is 4.22. The second-order valence-corrected chi connectivity index (χ2v) is 5.79. The summed E-state index contributed by atoms with van der Waals surface area (Å²) in [5, 5.41) is 11.4. The lowest BCUT2D eigenvalue weighted by atomic mass is 9.54. The highest BCUT2D eigenvalue weighted by atomic mass is 16.5. The first-order valence-electron chi connectivity index (χ1n) is 7.27. The largest absolute Gasteiger partial charge is 0.394 e. The smallest absolute Gasteiger partial charge is 0.240 e. The molecule has 0 saturated heterocycles. The van der Waals surface area contributed by atoms with Crippen LogP contribution in [0.1, 0.15) is 33.6 Å². The van der Waals surface area contributed by atoms with Crippen LogP contribution < -0.4 is 11.1 Å². The van der Waals surface area contributed by atoms with Crippen molar-refractivity contribution in [3.63, 3.8) is 0 Å². The Labute approximate surface area is 121 Å². The lowest BCUT2D eigenvalue weighted by molar-refractivity contribution is -0.170. The van der Waals surface area contributed by atoms with Gasteiger partial charge in [0.2, 0.25) is 5.91 Å². The molecule has 20 heavy (non-hydrogen) atoms. The number of rotatable bonds is 9. The SMILES string of the molecule is CCOC1CC(N)(C(=O)NCCCOCCO)C1(C)C. The summed E-state index contributed by atoms with van der Waals surface area (Å²) >= 11 is 0. The molecular weight excluding hydrogens is 260 g/mol. The topological polar surface area (TPSA) is 93.8 Å². The van der Waals surface area contributed by atoms with Gasteiger partial charge in [-0.05, 0) is 13.3 Å². The van der Waals surface area contributed by atoms with E-state index in [9.17, 15) is 4.79 Å². The predicted molar refractivity (Wildman–Crippen MR) is 76.3 cm³/mol. The van der Waals surface area contributed by atoms with E-state index in [1.807, 2.05) is 20.8 Å². The lowest BCUT2D eigenvalue weighted by Crippen LogP contribution is -2.75. The number of hydrogen-bond donors (Lipinski definition) is 3. The summed E-state index contributed by atoms with van der Waals surface area (Å²) < 4.78 is 10.7. The summed E-state index contributed by atoms with van der Waals surface area (Å²) in [5.74, 6) is -0.124. The van der Waals surface area contributed by atoms with E-state index in [4.69, 9.17) is 20.3 Å². The van der Waals surface area contributed by atoms with Gasteiger partial charge in [-0.25, -0.2) is 0 Å². The maximum Gasteiger partial charge on any atom is 0.240 e. The minimum Gasteiger partial charge on any atom is -0.394 e. The van der Waals surface area contributed by atoms with Crippen LogP contribution in [0, 0.1) is 5.41 Å². The average molecular weight is 288 g/mol. The summed E-state index contributed by atoms with van der Waals surface area (Å²) in [4.78, 5) is 12.2. The van der Waals surface area contributed by atoms with Crippen molar-refractivity contribution in [2.45, 2.75) is 45.3 Å². The van der Waals surface area contributed by atoms with E-state index in [-0.39, 0.29) is 24.0 Å². The van der Waals surface area contributed by atoms with E-state index in [2.05, 4.69) is 5.32 Å².